The van der Waals surface area contributed by atoms with Crippen molar-refractivity contribution in [1.29, 1.82) is 0 Å². The van der Waals surface area contributed by atoms with Crippen molar-refractivity contribution < 1.29 is 14.6 Å². The van der Waals surface area contributed by atoms with Crippen LogP contribution in [0.4, 0.5) is 0 Å². The first-order valence-electron chi connectivity index (χ1n) is 6.87. The van der Waals surface area contributed by atoms with E-state index in [0.717, 1.165) is 34.0 Å². The lowest BCUT2D eigenvalue weighted by Crippen LogP contribution is -2.17. The number of aromatic nitrogens is 2. The van der Waals surface area contributed by atoms with E-state index in [2.05, 4.69) is 9.97 Å². The normalized spacial score (nSPS) is 17.3. The van der Waals surface area contributed by atoms with Crippen LogP contribution in [-0.2, 0) is 17.6 Å². The number of hydrogen-bond donors (Lipinski definition) is 1. The van der Waals surface area contributed by atoms with Crippen LogP contribution in [0, 0.1) is 0 Å². The van der Waals surface area contributed by atoms with Crippen molar-refractivity contribution in [1.82, 2.24) is 9.97 Å². The fraction of sp³-hybridized carbons (Fsp3) is 0.400. The number of thiazole rings is 1. The zero-order valence-corrected chi connectivity index (χ0v) is 12.5. The van der Waals surface area contributed by atoms with Gasteiger partial charge in [-0.1, -0.05) is 6.07 Å². The molecule has 2 aromatic heterocycles. The Kier molecular flexibility index (Phi) is 3.88. The van der Waals surface area contributed by atoms with Gasteiger partial charge in [0.25, 0.3) is 0 Å². The summed E-state index contributed by atoms with van der Waals surface area (Å²) in [5, 5.41) is 10.2. The minimum absolute atomic E-state index is 0.437. The lowest BCUT2D eigenvalue weighted by Gasteiger charge is -2.16. The number of rotatable bonds is 4. The smallest absolute Gasteiger partial charge is 0.312 e. The quantitative estimate of drug-likeness (QED) is 0.940. The topological polar surface area (TPSA) is 72.3 Å². The molecular formula is C15H16N2O3S. The molecule has 2 aromatic rings. The van der Waals surface area contributed by atoms with Crippen molar-refractivity contribution >= 4 is 17.3 Å². The van der Waals surface area contributed by atoms with Crippen molar-refractivity contribution in [2.75, 3.05) is 7.11 Å². The van der Waals surface area contributed by atoms with Gasteiger partial charge in [-0.05, 0) is 24.8 Å². The van der Waals surface area contributed by atoms with Gasteiger partial charge in [-0.25, -0.2) is 9.97 Å². The summed E-state index contributed by atoms with van der Waals surface area (Å²) < 4.78 is 5.04. The van der Waals surface area contributed by atoms with Gasteiger partial charge in [-0.2, -0.15) is 0 Å². The molecule has 0 saturated carbocycles. The van der Waals surface area contributed by atoms with Gasteiger partial charge in [-0.15, -0.1) is 11.3 Å². The van der Waals surface area contributed by atoms with Gasteiger partial charge in [0.1, 0.15) is 0 Å². The largest absolute Gasteiger partial charge is 0.481 e. The second-order valence-corrected chi connectivity index (χ2v) is 6.25. The maximum Gasteiger partial charge on any atom is 0.312 e. The number of carboxylic acids is 1. The summed E-state index contributed by atoms with van der Waals surface area (Å²) in [5.74, 6) is -0.616. The van der Waals surface area contributed by atoms with E-state index >= 15 is 0 Å². The Hall–Kier alpha value is -1.95. The van der Waals surface area contributed by atoms with Gasteiger partial charge in [-0.3, -0.25) is 4.79 Å². The zero-order valence-electron chi connectivity index (χ0n) is 11.7. The van der Waals surface area contributed by atoms with Crippen LogP contribution in [0.1, 0.15) is 39.9 Å². The number of pyridine rings is 1. The van der Waals surface area contributed by atoms with Crippen LogP contribution >= 0.6 is 11.3 Å². The van der Waals surface area contributed by atoms with E-state index in [0.29, 0.717) is 18.7 Å². The molecule has 0 bridgehead atoms. The number of aryl methyl sites for hydroxylation is 1. The van der Waals surface area contributed by atoms with Gasteiger partial charge in [0.2, 0.25) is 5.88 Å². The predicted molar refractivity (Wildman–Crippen MR) is 79.0 cm³/mol. The van der Waals surface area contributed by atoms with Crippen LogP contribution in [0.25, 0.3) is 0 Å². The standard InChI is InChI=1S/C15H16N2O3S/c1-20-12-6-5-9(8-16-12)7-13-17-14-10(15(18)19)3-2-4-11(14)21-13/h5-6,8,10H,2-4,7H2,1H3,(H,18,19). The summed E-state index contributed by atoms with van der Waals surface area (Å²) >= 11 is 1.63. The molecular weight excluding hydrogens is 288 g/mol. The van der Waals surface area contributed by atoms with Gasteiger partial charge in [0.15, 0.2) is 0 Å². The Bertz CT molecular complexity index is 651. The average molecular weight is 304 g/mol. The monoisotopic (exact) mass is 304 g/mol. The second kappa shape index (κ2) is 5.81. The minimum Gasteiger partial charge on any atom is -0.481 e. The zero-order chi connectivity index (χ0) is 14.8. The Morgan fingerprint density at radius 2 is 2.38 bits per heavy atom. The molecule has 6 heteroatoms. The fourth-order valence-electron chi connectivity index (χ4n) is 2.60. The highest BCUT2D eigenvalue weighted by Crippen LogP contribution is 2.35. The molecule has 0 aromatic carbocycles. The predicted octanol–water partition coefficient (Wildman–Crippen LogP) is 2.64. The molecule has 110 valence electrons. The number of carboxylic acid groups (broad SMARTS) is 1. The third-order valence-corrected chi connectivity index (χ3v) is 4.79. The molecule has 3 rings (SSSR count). The summed E-state index contributed by atoms with van der Waals surface area (Å²) in [4.78, 5) is 21.2. The van der Waals surface area contributed by atoms with Crippen LogP contribution in [0.3, 0.4) is 0 Å². The molecule has 1 aliphatic rings. The Balaban J connectivity index is 1.82. The lowest BCUT2D eigenvalue weighted by molar-refractivity contribution is -0.139. The molecule has 1 aliphatic carbocycles. The van der Waals surface area contributed by atoms with Gasteiger partial charge in [0, 0.05) is 23.6 Å². The van der Waals surface area contributed by atoms with E-state index in [1.54, 1.807) is 24.6 Å². The molecule has 1 N–H and O–H groups in total. The number of ether oxygens (including phenoxy) is 1. The number of nitrogens with zero attached hydrogens (tertiary/aromatic N) is 2. The molecule has 21 heavy (non-hydrogen) atoms. The Labute approximate surface area is 126 Å². The molecule has 2 heterocycles. The molecule has 1 unspecified atom stereocenters. The fourth-order valence-corrected chi connectivity index (χ4v) is 3.80. The third kappa shape index (κ3) is 2.90. The van der Waals surface area contributed by atoms with Crippen LogP contribution in [0.15, 0.2) is 18.3 Å². The van der Waals surface area contributed by atoms with Crippen LogP contribution < -0.4 is 4.74 Å². The highest BCUT2D eigenvalue weighted by molar-refractivity contribution is 7.11. The molecule has 0 amide bonds. The van der Waals surface area contributed by atoms with Crippen LogP contribution in [0.5, 0.6) is 5.88 Å². The molecule has 0 fully saturated rings. The molecule has 1 atom stereocenters. The Morgan fingerprint density at radius 1 is 1.52 bits per heavy atom. The van der Waals surface area contributed by atoms with Gasteiger partial charge in [0.05, 0.1) is 23.7 Å². The molecule has 5 nitrogen and oxygen atoms in total. The van der Waals surface area contributed by atoms with Crippen LogP contribution in [-0.4, -0.2) is 28.2 Å². The SMILES string of the molecule is COc1ccc(Cc2nc3c(s2)CCCC3C(=O)O)cn1. The number of hydrogen-bond acceptors (Lipinski definition) is 5. The van der Waals surface area contributed by atoms with Crippen LogP contribution in [0.2, 0.25) is 0 Å². The summed E-state index contributed by atoms with van der Waals surface area (Å²) in [6.07, 6.45) is 5.01. The number of fused-ring (bicyclic) bond motifs is 1. The molecule has 0 saturated heterocycles. The van der Waals surface area contributed by atoms with E-state index in [1.165, 1.54) is 0 Å². The first-order chi connectivity index (χ1) is 10.2. The Morgan fingerprint density at radius 3 is 3.05 bits per heavy atom. The summed E-state index contributed by atoms with van der Waals surface area (Å²) in [6.45, 7) is 0. The number of aliphatic carboxylic acids is 1. The summed E-state index contributed by atoms with van der Waals surface area (Å²) in [5.41, 5.74) is 1.82. The van der Waals surface area contributed by atoms with Gasteiger partial charge >= 0.3 is 5.97 Å². The number of carbonyl (C=O) groups is 1. The highest BCUT2D eigenvalue weighted by Gasteiger charge is 2.29. The average Bonchev–Trinajstić information content (AvgIpc) is 2.89. The van der Waals surface area contributed by atoms with Crippen molar-refractivity contribution in [3.05, 3.63) is 39.5 Å². The number of methoxy groups -OCH3 is 1. The molecule has 0 aliphatic heterocycles. The lowest BCUT2D eigenvalue weighted by atomic mass is 9.91. The van der Waals surface area contributed by atoms with E-state index in [1.807, 2.05) is 12.1 Å². The maximum absolute atomic E-state index is 11.3. The van der Waals surface area contributed by atoms with Crippen molar-refractivity contribution in [2.45, 2.75) is 31.6 Å². The van der Waals surface area contributed by atoms with Gasteiger partial charge < -0.3 is 9.84 Å². The first-order valence-corrected chi connectivity index (χ1v) is 7.69. The first kappa shape index (κ1) is 14.0. The van der Waals surface area contributed by atoms with E-state index < -0.39 is 11.9 Å². The van der Waals surface area contributed by atoms with Crippen molar-refractivity contribution in [2.24, 2.45) is 0 Å². The maximum atomic E-state index is 11.3. The van der Waals surface area contributed by atoms with Crippen molar-refractivity contribution in [3.8, 4) is 5.88 Å². The summed E-state index contributed by atoms with van der Waals surface area (Å²) in [6, 6.07) is 3.78. The third-order valence-electron chi connectivity index (χ3n) is 3.66. The van der Waals surface area contributed by atoms with E-state index in [-0.39, 0.29) is 0 Å². The highest BCUT2D eigenvalue weighted by atomic mass is 32.1. The summed E-state index contributed by atoms with van der Waals surface area (Å²) in [7, 11) is 1.59. The molecule has 0 spiro atoms. The molecule has 0 radical (unpaired) electrons. The van der Waals surface area contributed by atoms with E-state index in [9.17, 15) is 9.90 Å². The second-order valence-electron chi connectivity index (χ2n) is 5.08. The van der Waals surface area contributed by atoms with Crippen molar-refractivity contribution in [3.63, 3.8) is 0 Å². The minimum atomic E-state index is -0.765. The van der Waals surface area contributed by atoms with E-state index in [4.69, 9.17) is 4.74 Å².